The molecule has 3 heterocycles. The van der Waals surface area contributed by atoms with E-state index in [2.05, 4.69) is 30.9 Å². The van der Waals surface area contributed by atoms with Crippen molar-refractivity contribution in [2.24, 2.45) is 0 Å². The molecule has 0 spiro atoms. The van der Waals surface area contributed by atoms with Crippen molar-refractivity contribution in [2.45, 2.75) is 0 Å². The molecule has 176 valence electrons. The van der Waals surface area contributed by atoms with Crippen LogP contribution in [0.5, 0.6) is 5.75 Å². The van der Waals surface area contributed by atoms with E-state index >= 15 is 0 Å². The summed E-state index contributed by atoms with van der Waals surface area (Å²) in [6.45, 7) is 0. The average molecular weight is 555 g/mol. The molecule has 5 aromatic rings. The van der Waals surface area contributed by atoms with Gasteiger partial charge in [0.25, 0.3) is 0 Å². The van der Waals surface area contributed by atoms with E-state index in [0.717, 1.165) is 22.5 Å². The van der Waals surface area contributed by atoms with E-state index in [0.29, 0.717) is 16.3 Å². The van der Waals surface area contributed by atoms with Crippen LogP contribution in [0.2, 0.25) is 0 Å². The first-order valence-electron chi connectivity index (χ1n) is 10.2. The molecule has 0 amide bonds. The van der Waals surface area contributed by atoms with Crippen molar-refractivity contribution in [1.82, 2.24) is 19.5 Å². The fourth-order valence-electron chi connectivity index (χ4n) is 3.13. The quantitative estimate of drug-likeness (QED) is 0.187. The van der Waals surface area contributed by atoms with Crippen molar-refractivity contribution in [1.29, 1.82) is 0 Å². The molecule has 0 fully saturated rings. The molecule has 6 nitrogen and oxygen atoms in total. The molecule has 5 rings (SSSR count). The number of para-hydroxylation sites is 1. The summed E-state index contributed by atoms with van der Waals surface area (Å²) in [6, 6.07) is 15.4. The molecule has 0 bridgehead atoms. The standard InChI is InChI=1S/C18H10F2N4OS.C7H7BrO/c19-13-4-5-21-17(20)15(13)11-2-1-3-12(8-11)24-9-14(23-10-24)16(25)18-22-6-7-26-18;1-9-7-5-3-2-4-6(7)8/h1-10H;2-5H,1H3. The van der Waals surface area contributed by atoms with Crippen LogP contribution in [-0.2, 0) is 0 Å². The number of benzene rings is 2. The minimum Gasteiger partial charge on any atom is -0.496 e. The highest BCUT2D eigenvalue weighted by molar-refractivity contribution is 9.10. The number of hydrogen-bond donors (Lipinski definition) is 0. The van der Waals surface area contributed by atoms with Gasteiger partial charge in [0.2, 0.25) is 11.7 Å². The van der Waals surface area contributed by atoms with Crippen molar-refractivity contribution in [3.63, 3.8) is 0 Å². The molecule has 0 aliphatic rings. The number of ether oxygens (including phenoxy) is 1. The van der Waals surface area contributed by atoms with Crippen LogP contribution in [0.4, 0.5) is 8.78 Å². The monoisotopic (exact) mass is 554 g/mol. The van der Waals surface area contributed by atoms with Crippen molar-refractivity contribution in [2.75, 3.05) is 7.11 Å². The zero-order valence-corrected chi connectivity index (χ0v) is 20.6. The first kappa shape index (κ1) is 24.4. The van der Waals surface area contributed by atoms with E-state index < -0.39 is 11.8 Å². The van der Waals surface area contributed by atoms with Gasteiger partial charge in [0.15, 0.2) is 5.01 Å². The van der Waals surface area contributed by atoms with E-state index in [1.165, 1.54) is 17.7 Å². The van der Waals surface area contributed by atoms with Gasteiger partial charge in [-0.05, 0) is 51.8 Å². The number of hydrogen-bond acceptors (Lipinski definition) is 6. The summed E-state index contributed by atoms with van der Waals surface area (Å²) in [5.74, 6) is -0.982. The summed E-state index contributed by atoms with van der Waals surface area (Å²) in [7, 11) is 1.65. The van der Waals surface area contributed by atoms with Gasteiger partial charge in [-0.25, -0.2) is 19.3 Å². The van der Waals surface area contributed by atoms with Crippen LogP contribution in [0.1, 0.15) is 15.5 Å². The van der Waals surface area contributed by atoms with Crippen LogP contribution in [-0.4, -0.2) is 32.4 Å². The van der Waals surface area contributed by atoms with Gasteiger partial charge in [-0.1, -0.05) is 24.3 Å². The average Bonchev–Trinajstić information content (AvgIpc) is 3.58. The number of halogens is 3. The number of thiazole rings is 1. The number of pyridine rings is 1. The van der Waals surface area contributed by atoms with E-state index in [1.807, 2.05) is 24.3 Å². The molecular formula is C25H17BrF2N4O2S. The van der Waals surface area contributed by atoms with E-state index in [-0.39, 0.29) is 17.0 Å². The number of imidazole rings is 1. The highest BCUT2D eigenvalue weighted by atomic mass is 79.9. The molecule has 0 radical (unpaired) electrons. The van der Waals surface area contributed by atoms with Crippen LogP contribution >= 0.6 is 27.3 Å². The third kappa shape index (κ3) is 5.67. The number of rotatable bonds is 5. The summed E-state index contributed by atoms with van der Waals surface area (Å²) in [4.78, 5) is 23.9. The number of ketones is 1. The largest absolute Gasteiger partial charge is 0.496 e. The number of carbonyl (C=O) groups is 1. The topological polar surface area (TPSA) is 69.9 Å². The summed E-state index contributed by atoms with van der Waals surface area (Å²) < 4.78 is 35.5. The van der Waals surface area contributed by atoms with Crippen LogP contribution in [0.3, 0.4) is 0 Å². The maximum absolute atomic E-state index is 14.0. The summed E-state index contributed by atoms with van der Waals surface area (Å²) in [5, 5.41) is 2.06. The molecule has 10 heteroatoms. The van der Waals surface area contributed by atoms with Gasteiger partial charge in [0.1, 0.15) is 23.6 Å². The molecule has 0 saturated carbocycles. The fraction of sp³-hybridized carbons (Fsp3) is 0.0400. The minimum absolute atomic E-state index is 0.200. The lowest BCUT2D eigenvalue weighted by Gasteiger charge is -2.07. The number of carbonyl (C=O) groups excluding carboxylic acids is 1. The summed E-state index contributed by atoms with van der Waals surface area (Å²) in [5.41, 5.74) is 0.987. The zero-order valence-electron chi connectivity index (χ0n) is 18.2. The predicted molar refractivity (Wildman–Crippen MR) is 133 cm³/mol. The van der Waals surface area contributed by atoms with Gasteiger partial charge in [0, 0.05) is 29.7 Å². The van der Waals surface area contributed by atoms with Crippen LogP contribution in [0, 0.1) is 11.8 Å². The fourth-order valence-corrected chi connectivity index (χ4v) is 4.16. The summed E-state index contributed by atoms with van der Waals surface area (Å²) >= 11 is 4.57. The van der Waals surface area contributed by atoms with Crippen molar-refractivity contribution in [3.05, 3.63) is 112 Å². The smallest absolute Gasteiger partial charge is 0.241 e. The van der Waals surface area contributed by atoms with Crippen molar-refractivity contribution < 1.29 is 18.3 Å². The second-order valence-corrected chi connectivity index (χ2v) is 8.72. The minimum atomic E-state index is -0.882. The maximum atomic E-state index is 14.0. The molecule has 0 saturated heterocycles. The molecule has 35 heavy (non-hydrogen) atoms. The highest BCUT2D eigenvalue weighted by Crippen LogP contribution is 2.27. The molecule has 0 aliphatic heterocycles. The Kier molecular flexibility index (Phi) is 7.74. The van der Waals surface area contributed by atoms with Crippen LogP contribution in [0.15, 0.2) is 89.4 Å². The second kappa shape index (κ2) is 11.1. The van der Waals surface area contributed by atoms with E-state index in [4.69, 9.17) is 4.74 Å². The van der Waals surface area contributed by atoms with E-state index in [9.17, 15) is 13.6 Å². The molecule has 0 aliphatic carbocycles. The predicted octanol–water partition coefficient (Wildman–Crippen LogP) is 6.36. The Morgan fingerprint density at radius 3 is 2.54 bits per heavy atom. The zero-order chi connectivity index (χ0) is 24.8. The Morgan fingerprint density at radius 2 is 1.86 bits per heavy atom. The lowest BCUT2D eigenvalue weighted by atomic mass is 10.1. The Labute approximate surface area is 212 Å². The van der Waals surface area contributed by atoms with Crippen molar-refractivity contribution >= 4 is 33.0 Å². The van der Waals surface area contributed by atoms with Gasteiger partial charge in [-0.15, -0.1) is 11.3 Å². The first-order valence-corrected chi connectivity index (χ1v) is 11.8. The van der Waals surface area contributed by atoms with E-state index in [1.54, 1.807) is 53.7 Å². The Bertz CT molecular complexity index is 1440. The van der Waals surface area contributed by atoms with Crippen LogP contribution in [0.25, 0.3) is 16.8 Å². The maximum Gasteiger partial charge on any atom is 0.241 e. The van der Waals surface area contributed by atoms with Gasteiger partial charge in [-0.3, -0.25) is 4.79 Å². The molecule has 0 N–H and O–H groups in total. The SMILES string of the molecule is COc1ccccc1Br.O=C(c1cn(-c2cccc(-c3c(F)ccnc3F)c2)cn1)c1nccs1. The molecule has 0 atom stereocenters. The summed E-state index contributed by atoms with van der Waals surface area (Å²) in [6.07, 6.45) is 5.65. The first-order chi connectivity index (χ1) is 17.0. The third-order valence-electron chi connectivity index (χ3n) is 4.79. The molecule has 0 unspecified atom stereocenters. The van der Waals surface area contributed by atoms with Crippen molar-refractivity contribution in [3.8, 4) is 22.6 Å². The molecule has 3 aromatic heterocycles. The number of nitrogens with zero attached hydrogens (tertiary/aromatic N) is 4. The lowest BCUT2D eigenvalue weighted by Crippen LogP contribution is -2.00. The van der Waals surface area contributed by atoms with Gasteiger partial charge >= 0.3 is 0 Å². The Balaban J connectivity index is 0.000000271. The Hall–Kier alpha value is -3.76. The Morgan fingerprint density at radius 1 is 1.03 bits per heavy atom. The molecular weight excluding hydrogens is 538 g/mol. The second-order valence-electron chi connectivity index (χ2n) is 6.98. The van der Waals surface area contributed by atoms with Gasteiger partial charge < -0.3 is 9.30 Å². The highest BCUT2D eigenvalue weighted by Gasteiger charge is 2.16. The van der Waals surface area contributed by atoms with Gasteiger partial charge in [0.05, 0.1) is 17.1 Å². The lowest BCUT2D eigenvalue weighted by molar-refractivity contribution is 0.103. The normalized spacial score (nSPS) is 10.4. The molecule has 2 aromatic carbocycles. The van der Waals surface area contributed by atoms with Gasteiger partial charge in [-0.2, -0.15) is 4.39 Å². The third-order valence-corrected chi connectivity index (χ3v) is 6.21. The number of aromatic nitrogens is 4. The van der Waals surface area contributed by atoms with Crippen LogP contribution < -0.4 is 4.74 Å². The number of methoxy groups -OCH3 is 1.